The summed E-state index contributed by atoms with van der Waals surface area (Å²) in [7, 11) is 0. The molecular formula is C13H22N4O. The molecular weight excluding hydrogens is 228 g/mol. The van der Waals surface area contributed by atoms with Gasteiger partial charge in [-0.2, -0.15) is 4.98 Å². The van der Waals surface area contributed by atoms with Gasteiger partial charge >= 0.3 is 0 Å². The number of likely N-dealkylation sites (tertiary alicyclic amines) is 1. The van der Waals surface area contributed by atoms with E-state index < -0.39 is 0 Å². The fourth-order valence-corrected chi connectivity index (χ4v) is 2.80. The van der Waals surface area contributed by atoms with Crippen LogP contribution in [-0.2, 0) is 6.54 Å². The van der Waals surface area contributed by atoms with Gasteiger partial charge in [0.2, 0.25) is 5.89 Å². The second kappa shape index (κ2) is 5.36. The zero-order valence-electron chi connectivity index (χ0n) is 10.8. The van der Waals surface area contributed by atoms with Gasteiger partial charge in [-0.3, -0.25) is 4.90 Å². The monoisotopic (exact) mass is 250 g/mol. The molecule has 1 aliphatic carbocycles. The molecule has 0 spiro atoms. The molecule has 0 amide bonds. The first-order chi connectivity index (χ1) is 8.86. The normalized spacial score (nSPS) is 25.5. The molecule has 18 heavy (non-hydrogen) atoms. The first-order valence-electron chi connectivity index (χ1n) is 7.13. The van der Waals surface area contributed by atoms with Crippen LogP contribution >= 0.6 is 0 Å². The molecule has 1 saturated heterocycles. The second-order valence-corrected chi connectivity index (χ2v) is 5.52. The molecule has 1 aliphatic heterocycles. The summed E-state index contributed by atoms with van der Waals surface area (Å²) in [5.41, 5.74) is 5.69. The van der Waals surface area contributed by atoms with Crippen molar-refractivity contribution < 1.29 is 4.52 Å². The number of nitrogens with two attached hydrogens (primary N) is 1. The van der Waals surface area contributed by atoms with E-state index >= 15 is 0 Å². The van der Waals surface area contributed by atoms with Gasteiger partial charge in [-0.25, -0.2) is 0 Å². The summed E-state index contributed by atoms with van der Waals surface area (Å²) in [4.78, 5) is 6.97. The number of nitrogens with zero attached hydrogens (tertiary/aromatic N) is 3. The third-order valence-corrected chi connectivity index (χ3v) is 4.01. The highest BCUT2D eigenvalue weighted by Crippen LogP contribution is 2.38. The van der Waals surface area contributed by atoms with Crippen LogP contribution in [0.15, 0.2) is 4.52 Å². The van der Waals surface area contributed by atoms with Crippen molar-refractivity contribution in [3.63, 3.8) is 0 Å². The lowest BCUT2D eigenvalue weighted by atomic mass is 9.99. The highest BCUT2D eigenvalue weighted by Gasteiger charge is 2.30. The lowest BCUT2D eigenvalue weighted by Crippen LogP contribution is -2.40. The third-order valence-electron chi connectivity index (χ3n) is 4.01. The molecule has 2 fully saturated rings. The SMILES string of the molecule is NCCC1CCCCN1Cc1nc(C2CC2)no1. The van der Waals surface area contributed by atoms with E-state index in [1.54, 1.807) is 0 Å². The molecule has 100 valence electrons. The van der Waals surface area contributed by atoms with Crippen LogP contribution in [0.1, 0.15) is 56.2 Å². The molecule has 1 atom stereocenters. The minimum absolute atomic E-state index is 0.573. The predicted octanol–water partition coefficient (Wildman–Crippen LogP) is 1.65. The zero-order valence-corrected chi connectivity index (χ0v) is 10.8. The lowest BCUT2D eigenvalue weighted by molar-refractivity contribution is 0.118. The highest BCUT2D eigenvalue weighted by atomic mass is 16.5. The summed E-state index contributed by atoms with van der Waals surface area (Å²) in [6, 6.07) is 0.597. The van der Waals surface area contributed by atoms with Crippen molar-refractivity contribution in [2.75, 3.05) is 13.1 Å². The Hall–Kier alpha value is -0.940. The minimum atomic E-state index is 0.573. The van der Waals surface area contributed by atoms with Crippen LogP contribution in [0.4, 0.5) is 0 Å². The first-order valence-corrected chi connectivity index (χ1v) is 7.13. The van der Waals surface area contributed by atoms with Crippen molar-refractivity contribution in [1.29, 1.82) is 0 Å². The topological polar surface area (TPSA) is 68.2 Å². The molecule has 2 aliphatic rings. The van der Waals surface area contributed by atoms with Gasteiger partial charge in [0, 0.05) is 12.0 Å². The van der Waals surface area contributed by atoms with Crippen LogP contribution in [0.2, 0.25) is 0 Å². The van der Waals surface area contributed by atoms with Crippen LogP contribution in [0.3, 0.4) is 0 Å². The molecule has 5 heteroatoms. The smallest absolute Gasteiger partial charge is 0.240 e. The predicted molar refractivity (Wildman–Crippen MR) is 68.0 cm³/mol. The van der Waals surface area contributed by atoms with Gasteiger partial charge in [-0.05, 0) is 45.2 Å². The van der Waals surface area contributed by atoms with Crippen LogP contribution in [0.5, 0.6) is 0 Å². The Bertz CT molecular complexity index is 386. The quantitative estimate of drug-likeness (QED) is 0.860. The molecule has 0 radical (unpaired) electrons. The molecule has 3 rings (SSSR count). The van der Waals surface area contributed by atoms with Crippen LogP contribution in [-0.4, -0.2) is 34.2 Å². The van der Waals surface area contributed by atoms with Crippen LogP contribution in [0, 0.1) is 0 Å². The molecule has 5 nitrogen and oxygen atoms in total. The third kappa shape index (κ3) is 2.72. The molecule has 1 saturated carbocycles. The molecule has 0 aromatic carbocycles. The van der Waals surface area contributed by atoms with Crippen molar-refractivity contribution in [3.05, 3.63) is 11.7 Å². The summed E-state index contributed by atoms with van der Waals surface area (Å²) >= 11 is 0. The van der Waals surface area contributed by atoms with Gasteiger partial charge in [-0.15, -0.1) is 0 Å². The molecule has 2 heterocycles. The number of hydrogen-bond acceptors (Lipinski definition) is 5. The maximum atomic E-state index is 5.69. The second-order valence-electron chi connectivity index (χ2n) is 5.52. The fourth-order valence-electron chi connectivity index (χ4n) is 2.80. The minimum Gasteiger partial charge on any atom is -0.338 e. The summed E-state index contributed by atoms with van der Waals surface area (Å²) < 4.78 is 5.36. The van der Waals surface area contributed by atoms with Crippen LogP contribution < -0.4 is 5.73 Å². The number of hydrogen-bond donors (Lipinski definition) is 1. The Kier molecular flexibility index (Phi) is 3.61. The largest absolute Gasteiger partial charge is 0.338 e. The standard InChI is InChI=1S/C13H22N4O/c14-7-6-11-3-1-2-8-17(11)9-12-15-13(16-18-12)10-4-5-10/h10-11H,1-9,14H2. The Balaban J connectivity index is 1.61. The van der Waals surface area contributed by atoms with Gasteiger partial charge in [0.25, 0.3) is 0 Å². The average molecular weight is 250 g/mol. The summed E-state index contributed by atoms with van der Waals surface area (Å²) in [5, 5.41) is 4.08. The Labute approximate surface area is 108 Å². The lowest BCUT2D eigenvalue weighted by Gasteiger charge is -2.34. The van der Waals surface area contributed by atoms with E-state index in [0.29, 0.717) is 12.0 Å². The molecule has 1 aromatic rings. The zero-order chi connectivity index (χ0) is 12.4. The van der Waals surface area contributed by atoms with E-state index in [0.717, 1.165) is 37.8 Å². The molecule has 2 N–H and O–H groups in total. The van der Waals surface area contributed by atoms with Gasteiger partial charge in [-0.1, -0.05) is 11.6 Å². The molecule has 0 bridgehead atoms. The highest BCUT2D eigenvalue weighted by molar-refractivity contribution is 5.03. The first kappa shape index (κ1) is 12.1. The van der Waals surface area contributed by atoms with E-state index in [4.69, 9.17) is 10.3 Å². The maximum Gasteiger partial charge on any atom is 0.240 e. The maximum absolute atomic E-state index is 5.69. The summed E-state index contributed by atoms with van der Waals surface area (Å²) in [6.07, 6.45) is 7.35. The van der Waals surface area contributed by atoms with Gasteiger partial charge in [0.05, 0.1) is 6.54 Å². The van der Waals surface area contributed by atoms with E-state index in [1.807, 2.05) is 0 Å². The van der Waals surface area contributed by atoms with Crippen molar-refractivity contribution in [2.45, 2.75) is 57.0 Å². The van der Waals surface area contributed by atoms with Gasteiger partial charge < -0.3 is 10.3 Å². The Morgan fingerprint density at radius 1 is 1.28 bits per heavy atom. The van der Waals surface area contributed by atoms with E-state index in [2.05, 4.69) is 15.0 Å². The van der Waals surface area contributed by atoms with Crippen molar-refractivity contribution in [2.24, 2.45) is 5.73 Å². The number of rotatable bonds is 5. The fraction of sp³-hybridized carbons (Fsp3) is 0.846. The summed E-state index contributed by atoms with van der Waals surface area (Å²) in [6.45, 7) is 2.69. The van der Waals surface area contributed by atoms with Crippen molar-refractivity contribution in [1.82, 2.24) is 15.0 Å². The number of aromatic nitrogens is 2. The van der Waals surface area contributed by atoms with Crippen LogP contribution in [0.25, 0.3) is 0 Å². The Morgan fingerprint density at radius 2 is 2.17 bits per heavy atom. The van der Waals surface area contributed by atoms with E-state index in [9.17, 15) is 0 Å². The van der Waals surface area contributed by atoms with Gasteiger partial charge in [0.1, 0.15) is 0 Å². The number of piperidine rings is 1. The molecule has 1 unspecified atom stereocenters. The summed E-state index contributed by atoms with van der Waals surface area (Å²) in [5.74, 6) is 2.27. The van der Waals surface area contributed by atoms with Gasteiger partial charge in [0.15, 0.2) is 5.82 Å². The average Bonchev–Trinajstić information content (AvgIpc) is 3.13. The van der Waals surface area contributed by atoms with Crippen molar-refractivity contribution >= 4 is 0 Å². The van der Waals surface area contributed by atoms with E-state index in [-0.39, 0.29) is 0 Å². The van der Waals surface area contributed by atoms with E-state index in [1.165, 1.54) is 32.1 Å². The van der Waals surface area contributed by atoms with Crippen molar-refractivity contribution in [3.8, 4) is 0 Å². The molecule has 1 aromatic heterocycles. The Morgan fingerprint density at radius 3 is 2.94 bits per heavy atom.